The molecule has 1 aliphatic heterocycles. The van der Waals surface area contributed by atoms with Crippen LogP contribution in [0.3, 0.4) is 0 Å². The molecule has 11 heavy (non-hydrogen) atoms. The fraction of sp³-hybridized carbons (Fsp3) is 1.00. The molecular formula is C10H16O. The molecule has 2 aliphatic carbocycles. The van der Waals surface area contributed by atoms with Gasteiger partial charge in [-0.25, -0.2) is 0 Å². The Balaban J connectivity index is 2.05. The SMILES string of the molecule is CC1(C)[C@H]2CC[C@H](C2)[C@@]12CO2. The van der Waals surface area contributed by atoms with Crippen LogP contribution in [0.25, 0.3) is 0 Å². The highest BCUT2D eigenvalue weighted by Gasteiger charge is 2.70. The lowest BCUT2D eigenvalue weighted by Crippen LogP contribution is -2.38. The second-order valence-electron chi connectivity index (χ2n) is 5.11. The third-order valence-electron chi connectivity index (χ3n) is 4.66. The van der Waals surface area contributed by atoms with Crippen molar-refractivity contribution in [2.75, 3.05) is 6.61 Å². The Hall–Kier alpha value is -0.0400. The fourth-order valence-electron chi connectivity index (χ4n) is 3.62. The molecule has 0 aromatic rings. The molecule has 3 fully saturated rings. The molecule has 0 unspecified atom stereocenters. The van der Waals surface area contributed by atoms with Crippen LogP contribution in [-0.4, -0.2) is 12.2 Å². The van der Waals surface area contributed by atoms with Gasteiger partial charge in [0, 0.05) is 0 Å². The second kappa shape index (κ2) is 1.52. The maximum absolute atomic E-state index is 5.71. The summed E-state index contributed by atoms with van der Waals surface area (Å²) in [5.74, 6) is 1.89. The van der Waals surface area contributed by atoms with Crippen LogP contribution in [0.5, 0.6) is 0 Å². The molecule has 1 spiro atoms. The first-order valence-electron chi connectivity index (χ1n) is 4.81. The largest absolute Gasteiger partial charge is 0.369 e. The molecule has 3 aliphatic rings. The lowest BCUT2D eigenvalue weighted by molar-refractivity contribution is 0.0736. The van der Waals surface area contributed by atoms with Gasteiger partial charge in [-0.1, -0.05) is 13.8 Å². The van der Waals surface area contributed by atoms with Crippen molar-refractivity contribution in [1.82, 2.24) is 0 Å². The summed E-state index contributed by atoms with van der Waals surface area (Å²) in [4.78, 5) is 0. The fourth-order valence-corrected chi connectivity index (χ4v) is 3.62. The van der Waals surface area contributed by atoms with Gasteiger partial charge in [-0.05, 0) is 36.5 Å². The maximum Gasteiger partial charge on any atom is 0.0997 e. The van der Waals surface area contributed by atoms with Gasteiger partial charge >= 0.3 is 0 Å². The van der Waals surface area contributed by atoms with Crippen LogP contribution in [0.1, 0.15) is 33.1 Å². The lowest BCUT2D eigenvalue weighted by Gasteiger charge is -2.35. The molecule has 1 heterocycles. The highest BCUT2D eigenvalue weighted by Crippen LogP contribution is 2.67. The first kappa shape index (κ1) is 6.47. The van der Waals surface area contributed by atoms with Crippen LogP contribution < -0.4 is 0 Å². The summed E-state index contributed by atoms with van der Waals surface area (Å²) in [6, 6.07) is 0. The van der Waals surface area contributed by atoms with Crippen molar-refractivity contribution < 1.29 is 4.74 Å². The molecule has 0 N–H and O–H groups in total. The van der Waals surface area contributed by atoms with E-state index in [4.69, 9.17) is 4.74 Å². The Morgan fingerprint density at radius 1 is 1.18 bits per heavy atom. The van der Waals surface area contributed by atoms with E-state index in [0.29, 0.717) is 11.0 Å². The van der Waals surface area contributed by atoms with Crippen molar-refractivity contribution in [2.24, 2.45) is 17.3 Å². The van der Waals surface area contributed by atoms with Gasteiger partial charge in [0.15, 0.2) is 0 Å². The number of hydrogen-bond acceptors (Lipinski definition) is 1. The number of ether oxygens (including phenoxy) is 1. The van der Waals surface area contributed by atoms with E-state index in [1.807, 2.05) is 0 Å². The molecule has 0 amide bonds. The van der Waals surface area contributed by atoms with Gasteiger partial charge in [0.25, 0.3) is 0 Å². The molecule has 2 saturated carbocycles. The Morgan fingerprint density at radius 2 is 1.82 bits per heavy atom. The van der Waals surface area contributed by atoms with Crippen molar-refractivity contribution in [3.05, 3.63) is 0 Å². The van der Waals surface area contributed by atoms with Crippen molar-refractivity contribution in [2.45, 2.75) is 38.7 Å². The van der Waals surface area contributed by atoms with Crippen LogP contribution >= 0.6 is 0 Å². The standard InChI is InChI=1S/C10H16O/c1-9(2)7-3-4-8(5-7)10(9)6-11-10/h7-8H,3-6H2,1-2H3/t7-,8+,10-/m0/s1. The summed E-state index contributed by atoms with van der Waals surface area (Å²) < 4.78 is 5.71. The third kappa shape index (κ3) is 0.516. The van der Waals surface area contributed by atoms with E-state index in [1.54, 1.807) is 0 Å². The van der Waals surface area contributed by atoms with Crippen molar-refractivity contribution >= 4 is 0 Å². The number of fused-ring (bicyclic) bond motifs is 3. The first-order chi connectivity index (χ1) is 5.17. The summed E-state index contributed by atoms with van der Waals surface area (Å²) in [7, 11) is 0. The van der Waals surface area contributed by atoms with Crippen molar-refractivity contribution in [1.29, 1.82) is 0 Å². The van der Waals surface area contributed by atoms with Gasteiger partial charge in [0.05, 0.1) is 12.2 Å². The summed E-state index contributed by atoms with van der Waals surface area (Å²) in [6.07, 6.45) is 4.35. The zero-order valence-electron chi connectivity index (χ0n) is 7.39. The smallest absolute Gasteiger partial charge is 0.0997 e. The summed E-state index contributed by atoms with van der Waals surface area (Å²) in [5, 5.41) is 0. The summed E-state index contributed by atoms with van der Waals surface area (Å²) >= 11 is 0. The predicted molar refractivity (Wildman–Crippen MR) is 43.3 cm³/mol. The van der Waals surface area contributed by atoms with E-state index in [2.05, 4.69) is 13.8 Å². The number of rotatable bonds is 0. The maximum atomic E-state index is 5.71. The molecular weight excluding hydrogens is 136 g/mol. The average Bonchev–Trinajstić information content (AvgIpc) is 2.55. The van der Waals surface area contributed by atoms with Gasteiger partial charge in [-0.2, -0.15) is 0 Å². The number of epoxide rings is 1. The molecule has 0 radical (unpaired) electrons. The quantitative estimate of drug-likeness (QED) is 0.485. The molecule has 3 atom stereocenters. The monoisotopic (exact) mass is 152 g/mol. The topological polar surface area (TPSA) is 12.5 Å². The highest BCUT2D eigenvalue weighted by atomic mass is 16.6. The highest BCUT2D eigenvalue weighted by molar-refractivity contribution is 5.18. The molecule has 1 nitrogen and oxygen atoms in total. The molecule has 3 rings (SSSR count). The van der Waals surface area contributed by atoms with Crippen molar-refractivity contribution in [3.8, 4) is 0 Å². The Labute approximate surface area is 68.1 Å². The first-order valence-corrected chi connectivity index (χ1v) is 4.81. The predicted octanol–water partition coefficient (Wildman–Crippen LogP) is 2.21. The van der Waals surface area contributed by atoms with Crippen molar-refractivity contribution in [3.63, 3.8) is 0 Å². The van der Waals surface area contributed by atoms with Crippen LogP contribution in [0.4, 0.5) is 0 Å². The van der Waals surface area contributed by atoms with Gasteiger partial charge in [-0.15, -0.1) is 0 Å². The minimum absolute atomic E-state index is 0.357. The van der Waals surface area contributed by atoms with E-state index in [-0.39, 0.29) is 0 Å². The Bertz CT molecular complexity index is 193. The Morgan fingerprint density at radius 3 is 2.18 bits per heavy atom. The minimum atomic E-state index is 0.357. The molecule has 0 aromatic heterocycles. The third-order valence-corrected chi connectivity index (χ3v) is 4.66. The lowest BCUT2D eigenvalue weighted by atomic mass is 9.69. The Kier molecular flexibility index (Phi) is 0.893. The van der Waals surface area contributed by atoms with E-state index >= 15 is 0 Å². The van der Waals surface area contributed by atoms with Gasteiger partial charge in [0.1, 0.15) is 0 Å². The molecule has 1 saturated heterocycles. The van der Waals surface area contributed by atoms with Crippen LogP contribution in [0.15, 0.2) is 0 Å². The molecule has 0 aromatic carbocycles. The van der Waals surface area contributed by atoms with Gasteiger partial charge in [-0.3, -0.25) is 0 Å². The zero-order chi connectivity index (χ0) is 7.69. The zero-order valence-corrected chi connectivity index (χ0v) is 7.39. The minimum Gasteiger partial charge on any atom is -0.369 e. The molecule has 1 heteroatoms. The molecule has 62 valence electrons. The van der Waals surface area contributed by atoms with E-state index in [1.165, 1.54) is 19.3 Å². The van der Waals surface area contributed by atoms with E-state index < -0.39 is 0 Å². The average molecular weight is 152 g/mol. The van der Waals surface area contributed by atoms with E-state index in [0.717, 1.165) is 18.4 Å². The van der Waals surface area contributed by atoms with Crippen LogP contribution in [-0.2, 0) is 4.74 Å². The molecule has 2 bridgehead atoms. The normalized spacial score (nSPS) is 57.3. The summed E-state index contributed by atoms with van der Waals surface area (Å²) in [6.45, 7) is 5.87. The van der Waals surface area contributed by atoms with E-state index in [9.17, 15) is 0 Å². The number of hydrogen-bond donors (Lipinski definition) is 0. The second-order valence-corrected chi connectivity index (χ2v) is 5.11. The van der Waals surface area contributed by atoms with Crippen LogP contribution in [0, 0.1) is 17.3 Å². The van der Waals surface area contributed by atoms with Gasteiger partial charge < -0.3 is 4.74 Å². The van der Waals surface area contributed by atoms with Crippen LogP contribution in [0.2, 0.25) is 0 Å². The summed E-state index contributed by atoms with van der Waals surface area (Å²) in [5.41, 5.74) is 0.853. The van der Waals surface area contributed by atoms with Gasteiger partial charge in [0.2, 0.25) is 0 Å².